The van der Waals surface area contributed by atoms with Crippen LogP contribution in [0.25, 0.3) is 5.76 Å². The minimum Gasteiger partial charge on any atom is -0.507 e. The number of rotatable bonds is 11. The highest BCUT2D eigenvalue weighted by Crippen LogP contribution is 2.41. The van der Waals surface area contributed by atoms with E-state index in [1.807, 2.05) is 49.4 Å². The molecule has 0 bridgehead atoms. The molecule has 3 aromatic rings. The maximum atomic E-state index is 13.3. The minimum absolute atomic E-state index is 0.00241. The fraction of sp³-hybridized carbons (Fsp3) is 0.267. The Morgan fingerprint density at radius 1 is 1.00 bits per heavy atom. The average Bonchev–Trinajstić information content (AvgIpc) is 3.19. The van der Waals surface area contributed by atoms with Crippen LogP contribution >= 0.6 is 11.6 Å². The zero-order chi connectivity index (χ0) is 27.1. The van der Waals surface area contributed by atoms with Gasteiger partial charge in [0.2, 0.25) is 0 Å². The number of aliphatic hydroxyl groups is 1. The van der Waals surface area contributed by atoms with E-state index in [0.717, 1.165) is 5.56 Å². The molecule has 0 saturated carbocycles. The summed E-state index contributed by atoms with van der Waals surface area (Å²) in [6.45, 7) is 3.26. The van der Waals surface area contributed by atoms with Gasteiger partial charge in [0.15, 0.2) is 0 Å². The molecule has 1 atom stereocenters. The molecule has 1 unspecified atom stereocenters. The van der Waals surface area contributed by atoms with Gasteiger partial charge < -0.3 is 24.2 Å². The number of methoxy groups -OCH3 is 1. The Kier molecular flexibility index (Phi) is 9.05. The zero-order valence-corrected chi connectivity index (χ0v) is 22.1. The third-order valence-electron chi connectivity index (χ3n) is 6.21. The van der Waals surface area contributed by atoms with E-state index >= 15 is 0 Å². The van der Waals surface area contributed by atoms with Crippen molar-refractivity contribution < 1.29 is 28.9 Å². The highest BCUT2D eigenvalue weighted by Gasteiger charge is 2.46. The van der Waals surface area contributed by atoms with Crippen molar-refractivity contribution in [1.29, 1.82) is 0 Å². The molecule has 1 fully saturated rings. The molecule has 0 spiro atoms. The molecular weight excluding hydrogens is 506 g/mol. The summed E-state index contributed by atoms with van der Waals surface area (Å²) in [7, 11) is 1.58. The number of carbonyl (C=O) groups is 2. The molecule has 8 heteroatoms. The second-order valence-corrected chi connectivity index (χ2v) is 9.17. The maximum absolute atomic E-state index is 13.3. The molecule has 1 aliphatic heterocycles. The van der Waals surface area contributed by atoms with Gasteiger partial charge in [0.25, 0.3) is 11.7 Å². The van der Waals surface area contributed by atoms with Crippen LogP contribution in [0, 0.1) is 0 Å². The molecule has 0 aliphatic carbocycles. The molecule has 4 rings (SSSR count). The second-order valence-electron chi connectivity index (χ2n) is 8.76. The van der Waals surface area contributed by atoms with Gasteiger partial charge >= 0.3 is 0 Å². The van der Waals surface area contributed by atoms with Crippen LogP contribution in [0.1, 0.15) is 36.1 Å². The van der Waals surface area contributed by atoms with Gasteiger partial charge in [-0.05, 0) is 54.8 Å². The van der Waals surface area contributed by atoms with E-state index in [9.17, 15) is 14.7 Å². The zero-order valence-electron chi connectivity index (χ0n) is 21.4. The first-order valence-corrected chi connectivity index (χ1v) is 12.8. The lowest BCUT2D eigenvalue weighted by atomic mass is 9.95. The molecule has 1 heterocycles. The summed E-state index contributed by atoms with van der Waals surface area (Å²) in [6.07, 6.45) is 0.527. The van der Waals surface area contributed by atoms with Gasteiger partial charge in [-0.1, -0.05) is 54.1 Å². The molecule has 0 radical (unpaired) electrons. The summed E-state index contributed by atoms with van der Waals surface area (Å²) >= 11 is 6.22. The van der Waals surface area contributed by atoms with Crippen LogP contribution in [-0.2, 0) is 20.9 Å². The van der Waals surface area contributed by atoms with Crippen molar-refractivity contribution in [2.75, 3.05) is 26.9 Å². The average molecular weight is 536 g/mol. The Hall–Kier alpha value is -3.81. The molecule has 1 N–H and O–H groups in total. The first-order chi connectivity index (χ1) is 18.4. The maximum Gasteiger partial charge on any atom is 0.295 e. The molecule has 1 amide bonds. The van der Waals surface area contributed by atoms with Gasteiger partial charge in [-0.2, -0.15) is 0 Å². The highest BCUT2D eigenvalue weighted by atomic mass is 35.5. The largest absolute Gasteiger partial charge is 0.507 e. The van der Waals surface area contributed by atoms with E-state index in [4.69, 9.17) is 25.8 Å². The van der Waals surface area contributed by atoms with Gasteiger partial charge in [0.05, 0.1) is 23.2 Å². The predicted molar refractivity (Wildman–Crippen MR) is 145 cm³/mol. The number of amides is 1. The van der Waals surface area contributed by atoms with Crippen LogP contribution in [0.4, 0.5) is 0 Å². The Morgan fingerprint density at radius 3 is 2.53 bits per heavy atom. The molecular formula is C30H30ClNO6. The number of hydrogen-bond donors (Lipinski definition) is 1. The van der Waals surface area contributed by atoms with Gasteiger partial charge in [-0.25, -0.2) is 0 Å². The van der Waals surface area contributed by atoms with Gasteiger partial charge in [0, 0.05) is 25.8 Å². The smallest absolute Gasteiger partial charge is 0.295 e. The van der Waals surface area contributed by atoms with Crippen LogP contribution < -0.4 is 9.47 Å². The monoisotopic (exact) mass is 535 g/mol. The van der Waals surface area contributed by atoms with Crippen molar-refractivity contribution in [1.82, 2.24) is 4.90 Å². The number of ketones is 1. The number of hydrogen-bond acceptors (Lipinski definition) is 6. The third kappa shape index (κ3) is 6.01. The Morgan fingerprint density at radius 2 is 1.79 bits per heavy atom. The molecule has 38 heavy (non-hydrogen) atoms. The van der Waals surface area contributed by atoms with Gasteiger partial charge in [0.1, 0.15) is 23.9 Å². The second kappa shape index (κ2) is 12.6. The fourth-order valence-electron chi connectivity index (χ4n) is 4.42. The van der Waals surface area contributed by atoms with Crippen LogP contribution in [0.15, 0.2) is 78.4 Å². The van der Waals surface area contributed by atoms with Gasteiger partial charge in [-0.3, -0.25) is 9.59 Å². The molecule has 1 saturated heterocycles. The van der Waals surface area contributed by atoms with E-state index in [-0.39, 0.29) is 17.9 Å². The van der Waals surface area contributed by atoms with Crippen LogP contribution in [0.2, 0.25) is 5.02 Å². The SMILES string of the molecule is CCOc1cc(/C(O)=C2/C(=O)C(=O)N(CCCOC)C2c2cccc(OCc3ccccc3)c2)ccc1Cl. The molecule has 198 valence electrons. The summed E-state index contributed by atoms with van der Waals surface area (Å²) in [5, 5.41) is 11.7. The van der Waals surface area contributed by atoms with Crippen molar-refractivity contribution in [2.45, 2.75) is 26.0 Å². The number of halogens is 1. The topological polar surface area (TPSA) is 85.3 Å². The van der Waals surface area contributed by atoms with Gasteiger partial charge in [-0.15, -0.1) is 0 Å². The summed E-state index contributed by atoms with van der Waals surface area (Å²) < 4.78 is 16.7. The van der Waals surface area contributed by atoms with Crippen molar-refractivity contribution in [3.05, 3.63) is 100 Å². The van der Waals surface area contributed by atoms with E-state index in [1.165, 1.54) is 4.90 Å². The number of carbonyl (C=O) groups excluding carboxylic acids is 2. The van der Waals surface area contributed by atoms with Crippen molar-refractivity contribution >= 4 is 29.1 Å². The van der Waals surface area contributed by atoms with Crippen LogP contribution in [-0.4, -0.2) is 48.6 Å². The lowest BCUT2D eigenvalue weighted by molar-refractivity contribution is -0.140. The quantitative estimate of drug-likeness (QED) is 0.145. The van der Waals surface area contributed by atoms with Crippen molar-refractivity contribution in [2.24, 2.45) is 0 Å². The first-order valence-electron chi connectivity index (χ1n) is 12.4. The molecule has 3 aromatic carbocycles. The van der Waals surface area contributed by atoms with Crippen LogP contribution in [0.5, 0.6) is 11.5 Å². The van der Waals surface area contributed by atoms with Crippen molar-refractivity contribution in [3.63, 3.8) is 0 Å². The van der Waals surface area contributed by atoms with E-state index < -0.39 is 17.7 Å². The number of ether oxygens (including phenoxy) is 3. The predicted octanol–water partition coefficient (Wildman–Crippen LogP) is 5.78. The van der Waals surface area contributed by atoms with E-state index in [0.29, 0.717) is 53.9 Å². The summed E-state index contributed by atoms with van der Waals surface area (Å²) in [5.41, 5.74) is 1.98. The highest BCUT2D eigenvalue weighted by molar-refractivity contribution is 6.46. The number of Topliss-reactive ketones (excluding diaryl/α,β-unsaturated/α-hetero) is 1. The van der Waals surface area contributed by atoms with Crippen LogP contribution in [0.3, 0.4) is 0 Å². The van der Waals surface area contributed by atoms with E-state index in [2.05, 4.69) is 0 Å². The summed E-state index contributed by atoms with van der Waals surface area (Å²) in [6, 6.07) is 20.9. The Bertz CT molecular complexity index is 1320. The number of aliphatic hydroxyl groups excluding tert-OH is 1. The standard InChI is InChI=1S/C30H30ClNO6/c1-3-37-25-18-22(13-14-24(25)31)28(33)26-27(32(15-8-16-36-2)30(35)29(26)34)21-11-7-12-23(17-21)38-19-20-9-5-4-6-10-20/h4-7,9-14,17-18,27,33H,3,8,15-16,19H2,1-2H3/b28-26-. The van der Waals surface area contributed by atoms with E-state index in [1.54, 1.807) is 37.4 Å². The first kappa shape index (κ1) is 27.2. The molecule has 0 aromatic heterocycles. The minimum atomic E-state index is -0.807. The Balaban J connectivity index is 1.75. The number of benzene rings is 3. The summed E-state index contributed by atoms with van der Waals surface area (Å²) in [5.74, 6) is -0.772. The molecule has 7 nitrogen and oxygen atoms in total. The Labute approximate surface area is 227 Å². The number of nitrogens with zero attached hydrogens (tertiary/aromatic N) is 1. The lowest BCUT2D eigenvalue weighted by Gasteiger charge is -2.25. The van der Waals surface area contributed by atoms with Crippen molar-refractivity contribution in [3.8, 4) is 11.5 Å². The third-order valence-corrected chi connectivity index (χ3v) is 6.53. The number of likely N-dealkylation sites (tertiary alicyclic amines) is 1. The molecule has 1 aliphatic rings. The fourth-order valence-corrected chi connectivity index (χ4v) is 4.60. The normalized spacial score (nSPS) is 16.6. The lowest BCUT2D eigenvalue weighted by Crippen LogP contribution is -2.31. The summed E-state index contributed by atoms with van der Waals surface area (Å²) in [4.78, 5) is 27.9.